The van der Waals surface area contributed by atoms with E-state index in [1.165, 1.54) is 14.2 Å². The number of fused-ring (bicyclic) bond motifs is 5. The lowest BCUT2D eigenvalue weighted by atomic mass is 10.1. The van der Waals surface area contributed by atoms with Crippen LogP contribution < -0.4 is 29.8 Å². The van der Waals surface area contributed by atoms with Gasteiger partial charge < -0.3 is 24.3 Å². The Morgan fingerprint density at radius 2 is 1.68 bits per heavy atom. The third-order valence-corrected chi connectivity index (χ3v) is 7.42. The Balaban J connectivity index is 1.31. The van der Waals surface area contributed by atoms with Crippen LogP contribution in [-0.4, -0.2) is 49.3 Å². The first-order valence-electron chi connectivity index (χ1n) is 13.3. The van der Waals surface area contributed by atoms with Crippen molar-refractivity contribution in [3.8, 4) is 23.0 Å². The van der Waals surface area contributed by atoms with Crippen molar-refractivity contribution in [2.75, 3.05) is 27.9 Å². The Bertz CT molecular complexity index is 1970. The number of nitrogens with zero attached hydrogens (tertiary/aromatic N) is 2. The fourth-order valence-electron chi connectivity index (χ4n) is 5.40. The van der Waals surface area contributed by atoms with Gasteiger partial charge in [-0.05, 0) is 67.4 Å². The monoisotopic (exact) mass is 551 g/mol. The van der Waals surface area contributed by atoms with E-state index in [0.29, 0.717) is 57.5 Å². The predicted octanol–water partition coefficient (Wildman–Crippen LogP) is 4.74. The van der Waals surface area contributed by atoms with Gasteiger partial charge >= 0.3 is 0 Å². The van der Waals surface area contributed by atoms with Gasteiger partial charge in [-0.15, -0.1) is 0 Å². The van der Waals surface area contributed by atoms with Crippen molar-refractivity contribution in [2.24, 2.45) is 0 Å². The third-order valence-electron chi connectivity index (χ3n) is 7.42. The molecule has 0 unspecified atom stereocenters. The van der Waals surface area contributed by atoms with Crippen LogP contribution in [0.2, 0.25) is 0 Å². The molecule has 41 heavy (non-hydrogen) atoms. The van der Waals surface area contributed by atoms with E-state index in [4.69, 9.17) is 18.9 Å². The quantitative estimate of drug-likeness (QED) is 0.259. The smallest absolute Gasteiger partial charge is 0.267 e. The van der Waals surface area contributed by atoms with Crippen molar-refractivity contribution in [1.82, 2.24) is 14.7 Å². The summed E-state index contributed by atoms with van der Waals surface area (Å²) < 4.78 is 23.9. The fourth-order valence-corrected chi connectivity index (χ4v) is 5.40. The predicted molar refractivity (Wildman–Crippen MR) is 158 cm³/mol. The van der Waals surface area contributed by atoms with E-state index in [9.17, 15) is 9.59 Å². The first-order valence-corrected chi connectivity index (χ1v) is 13.3. The number of rotatable bonds is 9. The molecule has 0 aliphatic carbocycles. The van der Waals surface area contributed by atoms with Crippen molar-refractivity contribution < 1.29 is 23.7 Å². The summed E-state index contributed by atoms with van der Waals surface area (Å²) in [6, 6.07) is 18.7. The summed E-state index contributed by atoms with van der Waals surface area (Å²) >= 11 is 0. The number of methoxy groups -OCH3 is 3. The minimum Gasteiger partial charge on any atom is -0.497 e. The fraction of sp³-hybridized carbons (Fsp3) is 0.219. The average molecular weight is 552 g/mol. The largest absolute Gasteiger partial charge is 0.497 e. The normalized spacial score (nSPS) is 12.2. The topological polar surface area (TPSA) is 100 Å². The molecular formula is C32H29N3O6. The summed E-state index contributed by atoms with van der Waals surface area (Å²) in [4.78, 5) is 31.3. The van der Waals surface area contributed by atoms with Gasteiger partial charge in [0.15, 0.2) is 17.6 Å². The van der Waals surface area contributed by atoms with Crippen molar-refractivity contribution in [3.05, 3.63) is 82.8 Å². The molecule has 3 heterocycles. The molecule has 3 aromatic carbocycles. The molecule has 3 aromatic heterocycles. The summed E-state index contributed by atoms with van der Waals surface area (Å²) in [5, 5.41) is 5.70. The zero-order valence-electron chi connectivity index (χ0n) is 23.2. The molecule has 0 fully saturated rings. The van der Waals surface area contributed by atoms with E-state index in [1.54, 1.807) is 36.8 Å². The number of hydrogen-bond donors (Lipinski definition) is 1. The van der Waals surface area contributed by atoms with Gasteiger partial charge in [-0.25, -0.2) is 0 Å². The maximum Gasteiger partial charge on any atom is 0.267 e. The lowest BCUT2D eigenvalue weighted by molar-refractivity contribution is -0.127. The van der Waals surface area contributed by atoms with Gasteiger partial charge in [-0.1, -0.05) is 12.1 Å². The van der Waals surface area contributed by atoms with Crippen LogP contribution in [0.4, 0.5) is 0 Å². The summed E-state index contributed by atoms with van der Waals surface area (Å²) in [6.45, 7) is 2.20. The highest BCUT2D eigenvalue weighted by atomic mass is 16.5. The molecule has 0 aliphatic heterocycles. The van der Waals surface area contributed by atoms with E-state index in [0.717, 1.165) is 22.1 Å². The number of aromatic nitrogens is 2. The Morgan fingerprint density at radius 3 is 2.41 bits per heavy atom. The van der Waals surface area contributed by atoms with Crippen LogP contribution in [0.5, 0.6) is 23.0 Å². The third kappa shape index (κ3) is 4.39. The summed E-state index contributed by atoms with van der Waals surface area (Å²) in [5.41, 5.74) is 2.98. The summed E-state index contributed by atoms with van der Waals surface area (Å²) in [5.74, 6) is 1.95. The summed E-state index contributed by atoms with van der Waals surface area (Å²) in [7, 11) is 4.68. The summed E-state index contributed by atoms with van der Waals surface area (Å²) in [6.07, 6.45) is 1.70. The number of pyridine rings is 2. The van der Waals surface area contributed by atoms with Gasteiger partial charge in [0.2, 0.25) is 0 Å². The Kier molecular flexibility index (Phi) is 6.70. The standard InChI is InChI=1S/C32H29N3O6/c1-18(31(36)34-15-13-19-5-7-20(38-2)8-6-19)41-21-9-11-25-24(17-21)22-14-16-33-28-23-10-12-26(39-3)30(40-4)27(23)32(37)35(25)29(22)28/h5-12,14,16-18H,13,15H2,1-4H3,(H,34,36)/t18-/m1/s1. The highest BCUT2D eigenvalue weighted by molar-refractivity contribution is 6.19. The van der Waals surface area contributed by atoms with Gasteiger partial charge in [-0.2, -0.15) is 0 Å². The molecular weight excluding hydrogens is 522 g/mol. The second kappa shape index (κ2) is 10.5. The van der Waals surface area contributed by atoms with E-state index < -0.39 is 6.10 Å². The molecule has 1 atom stereocenters. The van der Waals surface area contributed by atoms with Gasteiger partial charge in [0.1, 0.15) is 11.5 Å². The Hall–Kier alpha value is -5.05. The first kappa shape index (κ1) is 26.2. The van der Waals surface area contributed by atoms with Crippen LogP contribution in [0.3, 0.4) is 0 Å². The molecule has 0 aliphatic rings. The molecule has 9 heteroatoms. The van der Waals surface area contributed by atoms with Crippen molar-refractivity contribution in [1.29, 1.82) is 0 Å². The molecule has 0 saturated carbocycles. The Labute approximate surface area is 235 Å². The number of ether oxygens (including phenoxy) is 4. The second-order valence-corrected chi connectivity index (χ2v) is 9.75. The molecule has 0 spiro atoms. The molecule has 208 valence electrons. The maximum absolute atomic E-state index is 13.9. The van der Waals surface area contributed by atoms with E-state index in [2.05, 4.69) is 10.3 Å². The van der Waals surface area contributed by atoms with Crippen molar-refractivity contribution in [2.45, 2.75) is 19.4 Å². The highest BCUT2D eigenvalue weighted by Crippen LogP contribution is 2.39. The van der Waals surface area contributed by atoms with Crippen LogP contribution >= 0.6 is 0 Å². The molecule has 9 nitrogen and oxygen atoms in total. The number of nitrogens with one attached hydrogen (secondary N) is 1. The lowest BCUT2D eigenvalue weighted by Crippen LogP contribution is -2.37. The molecule has 1 N–H and O–H groups in total. The molecule has 6 rings (SSSR count). The van der Waals surface area contributed by atoms with Crippen molar-refractivity contribution >= 4 is 44.0 Å². The van der Waals surface area contributed by atoms with Gasteiger partial charge in [0, 0.05) is 28.9 Å². The lowest BCUT2D eigenvalue weighted by Gasteiger charge is -2.15. The van der Waals surface area contributed by atoms with E-state index in [1.807, 2.05) is 48.5 Å². The second-order valence-electron chi connectivity index (χ2n) is 9.75. The zero-order valence-corrected chi connectivity index (χ0v) is 23.2. The van der Waals surface area contributed by atoms with Gasteiger partial charge in [-0.3, -0.25) is 19.0 Å². The van der Waals surface area contributed by atoms with Crippen LogP contribution in [0.1, 0.15) is 12.5 Å². The van der Waals surface area contributed by atoms with Gasteiger partial charge in [0.05, 0.1) is 43.3 Å². The molecule has 0 bridgehead atoms. The number of carbonyl (C=O) groups excluding carboxylic acids is 1. The number of benzene rings is 3. The zero-order chi connectivity index (χ0) is 28.7. The Morgan fingerprint density at radius 1 is 0.902 bits per heavy atom. The number of hydrogen-bond acceptors (Lipinski definition) is 7. The van der Waals surface area contributed by atoms with Crippen molar-refractivity contribution in [3.63, 3.8) is 0 Å². The highest BCUT2D eigenvalue weighted by Gasteiger charge is 2.23. The minimum atomic E-state index is -0.716. The van der Waals surface area contributed by atoms with Gasteiger partial charge in [0.25, 0.3) is 11.5 Å². The minimum absolute atomic E-state index is 0.211. The van der Waals surface area contributed by atoms with Crippen LogP contribution in [0.25, 0.3) is 38.1 Å². The SMILES string of the molecule is COc1ccc(CCNC(=O)[C@@H](C)Oc2ccc3c(c2)c2ccnc4c5ccc(OC)c(OC)c5c(=O)n3c24)cc1. The van der Waals surface area contributed by atoms with E-state index >= 15 is 0 Å². The van der Waals surface area contributed by atoms with Crippen LogP contribution in [-0.2, 0) is 11.2 Å². The number of amides is 1. The van der Waals surface area contributed by atoms with Crippen LogP contribution in [0.15, 0.2) is 71.7 Å². The van der Waals surface area contributed by atoms with E-state index in [-0.39, 0.29) is 11.5 Å². The maximum atomic E-state index is 13.9. The first-order chi connectivity index (χ1) is 19.9. The molecule has 1 amide bonds. The molecule has 0 saturated heterocycles. The molecule has 6 aromatic rings. The van der Waals surface area contributed by atoms with Crippen LogP contribution in [0, 0.1) is 0 Å². The number of carbonyl (C=O) groups is 1. The average Bonchev–Trinajstić information content (AvgIpc) is 3.34. The molecule has 0 radical (unpaired) electrons.